The summed E-state index contributed by atoms with van der Waals surface area (Å²) in [5.41, 5.74) is 0.722. The van der Waals surface area contributed by atoms with Crippen LogP contribution in [0.25, 0.3) is 0 Å². The number of nitrogens with zero attached hydrogens (tertiary/aromatic N) is 1. The van der Waals surface area contributed by atoms with Gasteiger partial charge in [0.25, 0.3) is 0 Å². The SMILES string of the molecule is CO[C-]=O.Cc1cc(Cl)cc(O)n1.[W]. The maximum absolute atomic E-state index is 8.83. The molecule has 0 saturated heterocycles. The van der Waals surface area contributed by atoms with Gasteiger partial charge in [0.2, 0.25) is 5.88 Å². The van der Waals surface area contributed by atoms with Crippen LogP contribution in [0, 0.1) is 6.92 Å². The molecule has 0 fully saturated rings. The van der Waals surface area contributed by atoms with Gasteiger partial charge in [-0.25, -0.2) is 4.98 Å². The molecule has 6 heteroatoms. The molecule has 0 saturated carbocycles. The molecule has 1 aromatic heterocycles. The molecule has 1 heterocycles. The molecule has 0 spiro atoms. The summed E-state index contributed by atoms with van der Waals surface area (Å²) in [5.74, 6) is -0.0278. The summed E-state index contributed by atoms with van der Waals surface area (Å²) in [6.45, 7) is 2.95. The molecule has 4 nitrogen and oxygen atoms in total. The van der Waals surface area contributed by atoms with E-state index >= 15 is 0 Å². The van der Waals surface area contributed by atoms with E-state index in [9.17, 15) is 0 Å². The average Bonchev–Trinajstić information content (AvgIpc) is 2.02. The number of halogens is 1. The molecule has 0 atom stereocenters. The molecular weight excluding hydrogens is 377 g/mol. The predicted molar refractivity (Wildman–Crippen MR) is 48.4 cm³/mol. The number of aromatic hydroxyl groups is 1. The standard InChI is InChI=1S/C6H6ClNO.C2H3O2.W/c1-4-2-5(7)3-6(9)8-4;1-4-2-3;/h2-3H,1H3,(H,8,9);1H3;/q;-1;. The third-order valence-electron chi connectivity index (χ3n) is 0.988. The molecule has 0 aromatic carbocycles. The van der Waals surface area contributed by atoms with Crippen LogP contribution in [0.1, 0.15) is 5.69 Å². The minimum atomic E-state index is -0.0278. The van der Waals surface area contributed by atoms with Gasteiger partial charge in [0.15, 0.2) is 0 Å². The Balaban J connectivity index is 0. The molecule has 78 valence electrons. The van der Waals surface area contributed by atoms with E-state index in [1.165, 1.54) is 19.6 Å². The van der Waals surface area contributed by atoms with Crippen LogP contribution in [0.3, 0.4) is 0 Å². The number of pyridine rings is 1. The van der Waals surface area contributed by atoms with E-state index in [-0.39, 0.29) is 26.9 Å². The Kier molecular flexibility index (Phi) is 10.2. The smallest absolute Gasteiger partial charge is 0.212 e. The molecule has 0 aliphatic carbocycles. The molecule has 0 aliphatic rings. The van der Waals surface area contributed by atoms with Crippen molar-refractivity contribution >= 4 is 18.1 Å². The van der Waals surface area contributed by atoms with Crippen molar-refractivity contribution in [2.45, 2.75) is 6.92 Å². The maximum Gasteiger partial charge on any atom is 0.212 e. The van der Waals surface area contributed by atoms with Crippen LogP contribution < -0.4 is 0 Å². The molecule has 1 aromatic rings. The number of rotatable bonds is 1. The first-order chi connectivity index (χ1) is 6.10. The number of methoxy groups -OCH3 is 1. The summed E-state index contributed by atoms with van der Waals surface area (Å²) in [7, 11) is 1.26. The minimum Gasteiger partial charge on any atom is -0.655 e. The fourth-order valence-corrected chi connectivity index (χ4v) is 0.865. The average molecular weight is 386 g/mol. The summed E-state index contributed by atoms with van der Waals surface area (Å²) in [6, 6.07) is 3.08. The topological polar surface area (TPSA) is 59.4 Å². The number of carbonyl (C=O) groups excluding carboxylic acids is 1. The Hall–Kier alpha value is -0.602. The number of hydrogen-bond donors (Lipinski definition) is 1. The molecule has 0 unspecified atom stereocenters. The summed E-state index contributed by atoms with van der Waals surface area (Å²) in [4.78, 5) is 12.5. The van der Waals surface area contributed by atoms with E-state index < -0.39 is 0 Å². The van der Waals surface area contributed by atoms with Gasteiger partial charge < -0.3 is 14.6 Å². The molecule has 0 aliphatic heterocycles. The van der Waals surface area contributed by atoms with Gasteiger partial charge in [-0.2, -0.15) is 0 Å². The second-order valence-corrected chi connectivity index (χ2v) is 2.51. The summed E-state index contributed by atoms with van der Waals surface area (Å²) in [5, 5.41) is 9.31. The number of aromatic nitrogens is 1. The van der Waals surface area contributed by atoms with E-state index in [1.54, 1.807) is 13.0 Å². The van der Waals surface area contributed by atoms with Gasteiger partial charge in [-0.3, -0.25) is 0 Å². The summed E-state index contributed by atoms with van der Waals surface area (Å²) >= 11 is 5.55. The minimum absolute atomic E-state index is 0. The van der Waals surface area contributed by atoms with Crippen molar-refractivity contribution in [3.05, 3.63) is 22.8 Å². The van der Waals surface area contributed by atoms with Crippen LogP contribution in [0.4, 0.5) is 0 Å². The maximum atomic E-state index is 8.83. The third kappa shape index (κ3) is 8.02. The van der Waals surface area contributed by atoms with Crippen molar-refractivity contribution in [2.24, 2.45) is 0 Å². The van der Waals surface area contributed by atoms with Gasteiger partial charge in [-0.15, -0.1) is 0 Å². The Morgan fingerprint density at radius 1 is 1.57 bits per heavy atom. The predicted octanol–water partition coefficient (Wildman–Crippen LogP) is 1.45. The van der Waals surface area contributed by atoms with Crippen molar-refractivity contribution in [3.63, 3.8) is 0 Å². The van der Waals surface area contributed by atoms with Crippen molar-refractivity contribution in [1.82, 2.24) is 4.98 Å². The molecule has 1 N–H and O–H groups in total. The zero-order chi connectivity index (χ0) is 10.3. The van der Waals surface area contributed by atoms with Gasteiger partial charge in [0, 0.05) is 45.0 Å². The summed E-state index contributed by atoms with van der Waals surface area (Å²) in [6.07, 6.45) is 0. The Morgan fingerprint density at radius 2 is 2.07 bits per heavy atom. The Bertz CT molecular complexity index is 233. The molecule has 0 bridgehead atoms. The zero-order valence-electron chi connectivity index (χ0n) is 7.65. The van der Waals surface area contributed by atoms with Gasteiger partial charge >= 0.3 is 0 Å². The van der Waals surface area contributed by atoms with Crippen LogP contribution in [0.5, 0.6) is 5.88 Å². The van der Waals surface area contributed by atoms with Crippen LogP contribution in [0.15, 0.2) is 12.1 Å². The molecular formula is C8H9ClNO3W-. The normalized spacial score (nSPS) is 7.64. The molecule has 0 amide bonds. The van der Waals surface area contributed by atoms with Gasteiger partial charge in [-0.1, -0.05) is 18.1 Å². The molecule has 14 heavy (non-hydrogen) atoms. The van der Waals surface area contributed by atoms with E-state index in [0.29, 0.717) is 5.02 Å². The largest absolute Gasteiger partial charge is 0.655 e. The molecule has 0 radical (unpaired) electrons. The van der Waals surface area contributed by atoms with Crippen molar-refractivity contribution in [1.29, 1.82) is 0 Å². The first-order valence-corrected chi connectivity index (χ1v) is 3.71. The number of hydrogen-bond acceptors (Lipinski definition) is 4. The van der Waals surface area contributed by atoms with Crippen molar-refractivity contribution in [2.75, 3.05) is 7.11 Å². The Morgan fingerprint density at radius 3 is 2.36 bits per heavy atom. The zero-order valence-corrected chi connectivity index (χ0v) is 11.3. The fourth-order valence-electron chi connectivity index (χ4n) is 0.610. The van der Waals surface area contributed by atoms with E-state index in [0.717, 1.165) is 5.69 Å². The first-order valence-electron chi connectivity index (χ1n) is 3.33. The second kappa shape index (κ2) is 8.97. The Labute approximate surface area is 102 Å². The van der Waals surface area contributed by atoms with Gasteiger partial charge in [-0.05, 0) is 13.0 Å². The van der Waals surface area contributed by atoms with Gasteiger partial charge in [0.05, 0.1) is 0 Å². The third-order valence-corrected chi connectivity index (χ3v) is 1.21. The van der Waals surface area contributed by atoms with Crippen molar-refractivity contribution in [3.8, 4) is 5.88 Å². The van der Waals surface area contributed by atoms with Crippen LogP contribution in [-0.4, -0.2) is 23.7 Å². The van der Waals surface area contributed by atoms with E-state index in [1.807, 2.05) is 0 Å². The number of aryl methyl sites for hydroxylation is 1. The quantitative estimate of drug-likeness (QED) is 0.743. The second-order valence-electron chi connectivity index (χ2n) is 2.07. The van der Waals surface area contributed by atoms with Crippen molar-refractivity contribution < 1.29 is 35.7 Å². The number of ether oxygens (including phenoxy) is 1. The van der Waals surface area contributed by atoms with Crippen LogP contribution in [0.2, 0.25) is 5.02 Å². The van der Waals surface area contributed by atoms with Gasteiger partial charge in [0.1, 0.15) is 0 Å². The summed E-state index contributed by atoms with van der Waals surface area (Å²) < 4.78 is 3.74. The first kappa shape index (κ1) is 15.9. The van der Waals surface area contributed by atoms with Crippen LogP contribution >= 0.6 is 11.6 Å². The van der Waals surface area contributed by atoms with Crippen LogP contribution in [-0.2, 0) is 30.6 Å². The fraction of sp³-hybridized carbons (Fsp3) is 0.250. The monoisotopic (exact) mass is 386 g/mol. The van der Waals surface area contributed by atoms with E-state index in [2.05, 4.69) is 9.72 Å². The molecule has 1 rings (SSSR count). The van der Waals surface area contributed by atoms with E-state index in [4.69, 9.17) is 21.5 Å².